The molecule has 0 saturated carbocycles. The Morgan fingerprint density at radius 1 is 1.31 bits per heavy atom. The molecule has 0 N–H and O–H groups in total. The number of halogens is 2. The third-order valence-electron chi connectivity index (χ3n) is 2.08. The fourth-order valence-corrected chi connectivity index (χ4v) is 2.31. The van der Waals surface area contributed by atoms with Crippen LogP contribution in [0.1, 0.15) is 12.8 Å². The first-order chi connectivity index (χ1) is 6.25. The Balaban J connectivity index is 2.28. The summed E-state index contributed by atoms with van der Waals surface area (Å²) in [6, 6.07) is 1.83. The van der Waals surface area contributed by atoms with Gasteiger partial charge in [-0.25, -0.2) is 9.97 Å². The van der Waals surface area contributed by atoms with Crippen LogP contribution in [0.5, 0.6) is 0 Å². The highest BCUT2D eigenvalue weighted by Crippen LogP contribution is 2.20. The molecule has 2 rings (SSSR count). The number of rotatable bonds is 1. The van der Waals surface area contributed by atoms with Crippen molar-refractivity contribution < 1.29 is 0 Å². The molecule has 0 atom stereocenters. The first-order valence-electron chi connectivity index (χ1n) is 4.21. The second-order valence-electron chi connectivity index (χ2n) is 3.01. The van der Waals surface area contributed by atoms with Crippen LogP contribution in [0, 0.1) is 3.83 Å². The SMILES string of the molecule is Clc1cc(N2CCCC2)nc(I)n1. The van der Waals surface area contributed by atoms with Crippen LogP contribution in [0.15, 0.2) is 6.07 Å². The maximum absolute atomic E-state index is 5.85. The van der Waals surface area contributed by atoms with Crippen molar-refractivity contribution in [3.8, 4) is 0 Å². The largest absolute Gasteiger partial charge is 0.356 e. The van der Waals surface area contributed by atoms with Gasteiger partial charge in [-0.3, -0.25) is 0 Å². The van der Waals surface area contributed by atoms with E-state index in [0.29, 0.717) is 8.98 Å². The highest BCUT2D eigenvalue weighted by Gasteiger charge is 2.14. The average molecular weight is 310 g/mol. The van der Waals surface area contributed by atoms with Gasteiger partial charge in [-0.2, -0.15) is 0 Å². The Morgan fingerprint density at radius 3 is 2.62 bits per heavy atom. The summed E-state index contributed by atoms with van der Waals surface area (Å²) in [6.45, 7) is 2.17. The van der Waals surface area contributed by atoms with Gasteiger partial charge in [-0.05, 0) is 12.8 Å². The molecule has 0 aliphatic carbocycles. The maximum atomic E-state index is 5.85. The first-order valence-corrected chi connectivity index (χ1v) is 5.66. The van der Waals surface area contributed by atoms with E-state index in [1.54, 1.807) is 0 Å². The lowest BCUT2D eigenvalue weighted by atomic mass is 10.4. The van der Waals surface area contributed by atoms with E-state index in [-0.39, 0.29) is 0 Å². The standard InChI is InChI=1S/C8H9ClIN3/c9-6-5-7(12-8(10)11-6)13-3-1-2-4-13/h5H,1-4H2. The summed E-state index contributed by atoms with van der Waals surface area (Å²) in [7, 11) is 0. The van der Waals surface area contributed by atoms with Crippen molar-refractivity contribution in [1.82, 2.24) is 9.97 Å². The number of hydrogen-bond acceptors (Lipinski definition) is 3. The van der Waals surface area contributed by atoms with Gasteiger partial charge in [0.15, 0.2) is 3.83 Å². The molecule has 1 saturated heterocycles. The predicted molar refractivity (Wildman–Crippen MR) is 61.2 cm³/mol. The summed E-state index contributed by atoms with van der Waals surface area (Å²) in [6.07, 6.45) is 2.50. The second kappa shape index (κ2) is 3.96. The second-order valence-corrected chi connectivity index (χ2v) is 4.36. The minimum atomic E-state index is 0.529. The van der Waals surface area contributed by atoms with E-state index in [0.717, 1.165) is 18.9 Å². The number of nitrogens with zero attached hydrogens (tertiary/aromatic N) is 3. The molecule has 0 radical (unpaired) electrons. The van der Waals surface area contributed by atoms with Crippen molar-refractivity contribution >= 4 is 40.0 Å². The van der Waals surface area contributed by atoms with Crippen molar-refractivity contribution in [3.05, 3.63) is 15.1 Å². The molecule has 1 fully saturated rings. The van der Waals surface area contributed by atoms with Crippen molar-refractivity contribution in [2.75, 3.05) is 18.0 Å². The van der Waals surface area contributed by atoms with Crippen LogP contribution in [0.4, 0.5) is 5.82 Å². The molecule has 0 unspecified atom stereocenters. The fraction of sp³-hybridized carbons (Fsp3) is 0.500. The van der Waals surface area contributed by atoms with Gasteiger partial charge < -0.3 is 4.90 Å². The van der Waals surface area contributed by atoms with Crippen molar-refractivity contribution in [1.29, 1.82) is 0 Å². The molecule has 13 heavy (non-hydrogen) atoms. The minimum absolute atomic E-state index is 0.529. The molecular weight excluding hydrogens is 300 g/mol. The van der Waals surface area contributed by atoms with Gasteiger partial charge in [0.25, 0.3) is 0 Å². The minimum Gasteiger partial charge on any atom is -0.356 e. The Morgan fingerprint density at radius 2 is 2.00 bits per heavy atom. The summed E-state index contributed by atoms with van der Waals surface area (Å²) < 4.78 is 0.715. The van der Waals surface area contributed by atoms with Gasteiger partial charge in [0.2, 0.25) is 0 Å². The van der Waals surface area contributed by atoms with E-state index in [4.69, 9.17) is 11.6 Å². The maximum Gasteiger partial charge on any atom is 0.194 e. The molecule has 70 valence electrons. The van der Waals surface area contributed by atoms with Crippen LogP contribution in [0.2, 0.25) is 5.15 Å². The molecule has 0 bridgehead atoms. The smallest absolute Gasteiger partial charge is 0.194 e. The van der Waals surface area contributed by atoms with E-state index in [2.05, 4.69) is 37.5 Å². The predicted octanol–water partition coefficient (Wildman–Crippen LogP) is 2.33. The molecular formula is C8H9ClIN3. The van der Waals surface area contributed by atoms with E-state index in [1.807, 2.05) is 6.07 Å². The zero-order valence-corrected chi connectivity index (χ0v) is 9.92. The van der Waals surface area contributed by atoms with Crippen molar-refractivity contribution in [3.63, 3.8) is 0 Å². The van der Waals surface area contributed by atoms with Gasteiger partial charge in [-0.15, -0.1) is 0 Å². The summed E-state index contributed by atoms with van der Waals surface area (Å²) in [5, 5.41) is 0.529. The summed E-state index contributed by atoms with van der Waals surface area (Å²) >= 11 is 7.93. The third-order valence-corrected chi connectivity index (χ3v) is 2.76. The van der Waals surface area contributed by atoms with Crippen LogP contribution < -0.4 is 4.90 Å². The lowest BCUT2D eigenvalue weighted by molar-refractivity contribution is 0.918. The first kappa shape index (κ1) is 9.45. The number of anilines is 1. The molecule has 1 aliphatic heterocycles. The topological polar surface area (TPSA) is 29.0 Å². The van der Waals surface area contributed by atoms with E-state index in [1.165, 1.54) is 12.8 Å². The van der Waals surface area contributed by atoms with Crippen molar-refractivity contribution in [2.24, 2.45) is 0 Å². The van der Waals surface area contributed by atoms with Gasteiger partial charge in [0, 0.05) is 41.7 Å². The monoisotopic (exact) mass is 309 g/mol. The zero-order valence-electron chi connectivity index (χ0n) is 7.00. The van der Waals surface area contributed by atoms with E-state index < -0.39 is 0 Å². The van der Waals surface area contributed by atoms with Crippen molar-refractivity contribution in [2.45, 2.75) is 12.8 Å². The lowest BCUT2D eigenvalue weighted by Gasteiger charge is -2.15. The third kappa shape index (κ3) is 2.22. The highest BCUT2D eigenvalue weighted by molar-refractivity contribution is 14.1. The fourth-order valence-electron chi connectivity index (χ4n) is 1.49. The molecule has 3 nitrogen and oxygen atoms in total. The molecule has 1 aromatic rings. The lowest BCUT2D eigenvalue weighted by Crippen LogP contribution is -2.19. The Kier molecular flexibility index (Phi) is 2.88. The highest BCUT2D eigenvalue weighted by atomic mass is 127. The molecule has 1 aliphatic rings. The van der Waals surface area contributed by atoms with Crippen LogP contribution in [0.3, 0.4) is 0 Å². The molecule has 5 heteroatoms. The number of aromatic nitrogens is 2. The van der Waals surface area contributed by atoms with Crippen LogP contribution in [-0.4, -0.2) is 23.1 Å². The van der Waals surface area contributed by atoms with Gasteiger partial charge in [0.05, 0.1) is 0 Å². The Hall–Kier alpha value is -0.100. The molecule has 0 spiro atoms. The van der Waals surface area contributed by atoms with Crippen LogP contribution in [-0.2, 0) is 0 Å². The molecule has 2 heterocycles. The Labute approximate surface area is 95.6 Å². The zero-order chi connectivity index (χ0) is 9.26. The quantitative estimate of drug-likeness (QED) is 0.453. The van der Waals surface area contributed by atoms with Gasteiger partial charge in [-0.1, -0.05) is 11.6 Å². The average Bonchev–Trinajstić information content (AvgIpc) is 2.53. The molecule has 0 amide bonds. The van der Waals surface area contributed by atoms with Gasteiger partial charge in [0.1, 0.15) is 11.0 Å². The summed E-state index contributed by atoms with van der Waals surface area (Å²) in [5.41, 5.74) is 0. The van der Waals surface area contributed by atoms with Crippen LogP contribution >= 0.6 is 34.2 Å². The van der Waals surface area contributed by atoms with Gasteiger partial charge >= 0.3 is 0 Å². The summed E-state index contributed by atoms with van der Waals surface area (Å²) in [5.74, 6) is 0.960. The van der Waals surface area contributed by atoms with E-state index >= 15 is 0 Å². The number of hydrogen-bond donors (Lipinski definition) is 0. The summed E-state index contributed by atoms with van der Waals surface area (Å²) in [4.78, 5) is 10.6. The normalized spacial score (nSPS) is 16.6. The Bertz CT molecular complexity index is 292. The van der Waals surface area contributed by atoms with Crippen LogP contribution in [0.25, 0.3) is 0 Å². The van der Waals surface area contributed by atoms with E-state index in [9.17, 15) is 0 Å². The molecule has 0 aromatic carbocycles. The molecule has 1 aromatic heterocycles.